The van der Waals surface area contributed by atoms with Crippen molar-refractivity contribution >= 4 is 0 Å². The van der Waals surface area contributed by atoms with Gasteiger partial charge in [-0.1, -0.05) is 13.3 Å². The maximum Gasteiger partial charge on any atom is 0.00668 e. The Bertz CT molecular complexity index is 148. The maximum atomic E-state index is 5.93. The molecule has 0 aromatic heterocycles. The Morgan fingerprint density at radius 2 is 1.86 bits per heavy atom. The van der Waals surface area contributed by atoms with Gasteiger partial charge in [-0.25, -0.2) is 0 Å². The summed E-state index contributed by atoms with van der Waals surface area (Å²) in [5, 5.41) is 0. The van der Waals surface area contributed by atoms with Crippen LogP contribution >= 0.6 is 0 Å². The van der Waals surface area contributed by atoms with Crippen molar-refractivity contribution < 1.29 is 0 Å². The lowest BCUT2D eigenvalue weighted by Crippen LogP contribution is -2.43. The van der Waals surface area contributed by atoms with Crippen LogP contribution < -0.4 is 5.73 Å². The van der Waals surface area contributed by atoms with E-state index in [1.165, 1.54) is 38.8 Å². The first-order valence-corrected chi connectivity index (χ1v) is 6.14. The number of nitrogens with two attached hydrogens (primary N) is 1. The zero-order chi connectivity index (χ0) is 10.6. The average molecular weight is 198 g/mol. The molecule has 0 aromatic rings. The largest absolute Gasteiger partial charge is 0.328 e. The number of likely N-dealkylation sites (tertiary alicyclic amines) is 1. The molecule has 1 rings (SSSR count). The number of hydrogen-bond donors (Lipinski definition) is 1. The third kappa shape index (κ3) is 3.25. The first-order chi connectivity index (χ1) is 6.65. The lowest BCUT2D eigenvalue weighted by Gasteiger charge is -2.37. The molecule has 1 aliphatic heterocycles. The number of nitrogens with zero attached hydrogens (tertiary/aromatic N) is 1. The van der Waals surface area contributed by atoms with Crippen molar-refractivity contribution in [2.24, 2.45) is 11.7 Å². The minimum atomic E-state index is 0.388. The fourth-order valence-electron chi connectivity index (χ4n) is 2.49. The van der Waals surface area contributed by atoms with Crippen LogP contribution in [0.5, 0.6) is 0 Å². The number of piperidine rings is 1. The topological polar surface area (TPSA) is 29.3 Å². The summed E-state index contributed by atoms with van der Waals surface area (Å²) >= 11 is 0. The molecule has 14 heavy (non-hydrogen) atoms. The van der Waals surface area contributed by atoms with Gasteiger partial charge in [0.25, 0.3) is 0 Å². The molecule has 84 valence electrons. The smallest absolute Gasteiger partial charge is 0.00668 e. The molecule has 0 bridgehead atoms. The van der Waals surface area contributed by atoms with E-state index in [1.807, 2.05) is 0 Å². The molecule has 0 spiro atoms. The Hall–Kier alpha value is -0.0800. The van der Waals surface area contributed by atoms with Crippen molar-refractivity contribution in [2.45, 2.75) is 58.5 Å². The van der Waals surface area contributed by atoms with Gasteiger partial charge in [0, 0.05) is 12.1 Å². The molecule has 0 amide bonds. The third-order valence-corrected chi connectivity index (χ3v) is 3.65. The van der Waals surface area contributed by atoms with Crippen LogP contribution in [0.2, 0.25) is 0 Å². The van der Waals surface area contributed by atoms with Crippen LogP contribution in [0.4, 0.5) is 0 Å². The van der Waals surface area contributed by atoms with Gasteiger partial charge in [0.05, 0.1) is 0 Å². The third-order valence-electron chi connectivity index (χ3n) is 3.65. The van der Waals surface area contributed by atoms with E-state index in [2.05, 4.69) is 25.7 Å². The van der Waals surface area contributed by atoms with Gasteiger partial charge in [-0.15, -0.1) is 0 Å². The SMILES string of the molecule is CCCC(C)N1CCC(C(C)N)CC1. The summed E-state index contributed by atoms with van der Waals surface area (Å²) in [6, 6.07) is 1.16. The van der Waals surface area contributed by atoms with E-state index in [1.54, 1.807) is 0 Å². The summed E-state index contributed by atoms with van der Waals surface area (Å²) in [5.41, 5.74) is 5.93. The minimum Gasteiger partial charge on any atom is -0.328 e. The van der Waals surface area contributed by atoms with Gasteiger partial charge >= 0.3 is 0 Å². The minimum absolute atomic E-state index is 0.388. The molecule has 1 heterocycles. The lowest BCUT2D eigenvalue weighted by atomic mass is 9.90. The normalized spacial score (nSPS) is 24.9. The predicted molar refractivity (Wildman–Crippen MR) is 62.3 cm³/mol. The molecule has 1 aliphatic rings. The van der Waals surface area contributed by atoms with Crippen LogP contribution in [0, 0.1) is 5.92 Å². The Kier molecular flexibility index (Phi) is 4.90. The van der Waals surface area contributed by atoms with Gasteiger partial charge in [-0.3, -0.25) is 0 Å². The average Bonchev–Trinajstić information content (AvgIpc) is 2.18. The first kappa shape index (κ1) is 12.0. The quantitative estimate of drug-likeness (QED) is 0.750. The second-order valence-corrected chi connectivity index (χ2v) is 4.87. The molecule has 2 nitrogen and oxygen atoms in total. The van der Waals surface area contributed by atoms with Crippen molar-refractivity contribution in [3.63, 3.8) is 0 Å². The summed E-state index contributed by atoms with van der Waals surface area (Å²) < 4.78 is 0. The predicted octanol–water partition coefficient (Wildman–Crippen LogP) is 2.23. The summed E-state index contributed by atoms with van der Waals surface area (Å²) in [5.74, 6) is 0.764. The second kappa shape index (κ2) is 5.72. The molecule has 1 fully saturated rings. The zero-order valence-corrected chi connectivity index (χ0v) is 10.00. The summed E-state index contributed by atoms with van der Waals surface area (Å²) in [6.07, 6.45) is 5.23. The van der Waals surface area contributed by atoms with Crippen molar-refractivity contribution in [1.82, 2.24) is 4.90 Å². The van der Waals surface area contributed by atoms with Gasteiger partial charge < -0.3 is 10.6 Å². The molecule has 0 saturated carbocycles. The summed E-state index contributed by atoms with van der Waals surface area (Å²) in [7, 11) is 0. The highest BCUT2D eigenvalue weighted by molar-refractivity contribution is 4.79. The van der Waals surface area contributed by atoms with E-state index in [9.17, 15) is 0 Å². The highest BCUT2D eigenvalue weighted by atomic mass is 15.2. The van der Waals surface area contributed by atoms with E-state index in [0.29, 0.717) is 6.04 Å². The Labute approximate surface area is 88.8 Å². The molecule has 2 heteroatoms. The molecule has 2 unspecified atom stereocenters. The Morgan fingerprint density at radius 3 is 2.29 bits per heavy atom. The van der Waals surface area contributed by atoms with E-state index in [0.717, 1.165) is 12.0 Å². The first-order valence-electron chi connectivity index (χ1n) is 6.14. The maximum absolute atomic E-state index is 5.93. The standard InChI is InChI=1S/C12H26N2/c1-4-5-10(2)14-8-6-12(7-9-14)11(3)13/h10-12H,4-9,13H2,1-3H3. The molecule has 2 N–H and O–H groups in total. The van der Waals surface area contributed by atoms with Crippen molar-refractivity contribution in [2.75, 3.05) is 13.1 Å². The zero-order valence-electron chi connectivity index (χ0n) is 10.00. The van der Waals surface area contributed by atoms with Crippen LogP contribution in [-0.2, 0) is 0 Å². The van der Waals surface area contributed by atoms with Crippen molar-refractivity contribution in [1.29, 1.82) is 0 Å². The van der Waals surface area contributed by atoms with Crippen LogP contribution in [0.1, 0.15) is 46.5 Å². The summed E-state index contributed by atoms with van der Waals surface area (Å²) in [4.78, 5) is 2.63. The highest BCUT2D eigenvalue weighted by Crippen LogP contribution is 2.22. The molecule has 2 atom stereocenters. The fourth-order valence-corrected chi connectivity index (χ4v) is 2.49. The highest BCUT2D eigenvalue weighted by Gasteiger charge is 2.23. The summed E-state index contributed by atoms with van der Waals surface area (Å²) in [6.45, 7) is 9.29. The lowest BCUT2D eigenvalue weighted by molar-refractivity contribution is 0.127. The van der Waals surface area contributed by atoms with Crippen LogP contribution in [-0.4, -0.2) is 30.1 Å². The number of hydrogen-bond acceptors (Lipinski definition) is 2. The second-order valence-electron chi connectivity index (χ2n) is 4.87. The van der Waals surface area contributed by atoms with Crippen LogP contribution in [0.25, 0.3) is 0 Å². The van der Waals surface area contributed by atoms with Crippen molar-refractivity contribution in [3.8, 4) is 0 Å². The molecule has 1 saturated heterocycles. The van der Waals surface area contributed by atoms with E-state index < -0.39 is 0 Å². The Morgan fingerprint density at radius 1 is 1.29 bits per heavy atom. The van der Waals surface area contributed by atoms with Gasteiger partial charge in [0.1, 0.15) is 0 Å². The van der Waals surface area contributed by atoms with Gasteiger partial charge in [-0.05, 0) is 52.1 Å². The number of rotatable bonds is 4. The molecule has 0 aromatic carbocycles. The van der Waals surface area contributed by atoms with Crippen LogP contribution in [0.3, 0.4) is 0 Å². The molecule has 0 aliphatic carbocycles. The van der Waals surface area contributed by atoms with E-state index in [4.69, 9.17) is 5.73 Å². The Balaban J connectivity index is 2.28. The molecule has 0 radical (unpaired) electrons. The fraction of sp³-hybridized carbons (Fsp3) is 1.00. The van der Waals surface area contributed by atoms with Gasteiger partial charge in [0.2, 0.25) is 0 Å². The molecular formula is C12H26N2. The molecular weight excluding hydrogens is 172 g/mol. The monoisotopic (exact) mass is 198 g/mol. The van der Waals surface area contributed by atoms with E-state index in [-0.39, 0.29) is 0 Å². The van der Waals surface area contributed by atoms with Gasteiger partial charge in [0.15, 0.2) is 0 Å². The van der Waals surface area contributed by atoms with Crippen LogP contribution in [0.15, 0.2) is 0 Å². The van der Waals surface area contributed by atoms with Crippen molar-refractivity contribution in [3.05, 3.63) is 0 Å². The van der Waals surface area contributed by atoms with Gasteiger partial charge in [-0.2, -0.15) is 0 Å². The van der Waals surface area contributed by atoms with E-state index >= 15 is 0 Å².